The Morgan fingerprint density at radius 1 is 1.41 bits per heavy atom. The van der Waals surface area contributed by atoms with Crippen LogP contribution in [-0.4, -0.2) is 24.1 Å². The van der Waals surface area contributed by atoms with Crippen LogP contribution in [0.25, 0.3) is 10.2 Å². The molecule has 1 fully saturated rings. The predicted molar refractivity (Wildman–Crippen MR) is 74.4 cm³/mol. The molecule has 0 radical (unpaired) electrons. The van der Waals surface area contributed by atoms with Gasteiger partial charge in [0.15, 0.2) is 5.13 Å². The van der Waals surface area contributed by atoms with E-state index in [1.165, 1.54) is 0 Å². The third-order valence-corrected chi connectivity index (χ3v) is 4.81. The molecule has 6 heteroatoms. The molecule has 2 N–H and O–H groups in total. The molecule has 1 aromatic heterocycles. The monoisotopic (exact) mass is 287 g/mol. The van der Waals surface area contributed by atoms with Gasteiger partial charge in [0.1, 0.15) is 5.52 Å². The maximum atomic E-state index is 6.14. The van der Waals surface area contributed by atoms with E-state index in [1.54, 1.807) is 11.3 Å². The number of halogens is 2. The molecule has 1 saturated heterocycles. The normalized spacial score (nSPS) is 20.4. The van der Waals surface area contributed by atoms with Crippen molar-refractivity contribution in [3.05, 3.63) is 22.2 Å². The molecular formula is C11H11Cl2N3S. The van der Waals surface area contributed by atoms with Gasteiger partial charge in [0.25, 0.3) is 0 Å². The van der Waals surface area contributed by atoms with E-state index in [2.05, 4.69) is 9.88 Å². The van der Waals surface area contributed by atoms with Crippen LogP contribution in [0, 0.1) is 0 Å². The Bertz CT molecular complexity index is 569. The number of rotatable bonds is 1. The van der Waals surface area contributed by atoms with Crippen molar-refractivity contribution in [2.45, 2.75) is 12.5 Å². The quantitative estimate of drug-likeness (QED) is 0.876. The second-order valence-corrected chi connectivity index (χ2v) is 5.99. The Morgan fingerprint density at radius 3 is 2.94 bits per heavy atom. The maximum Gasteiger partial charge on any atom is 0.186 e. The van der Waals surface area contributed by atoms with E-state index in [9.17, 15) is 0 Å². The molecule has 1 unspecified atom stereocenters. The second-order valence-electron chi connectivity index (χ2n) is 4.20. The molecule has 90 valence electrons. The zero-order chi connectivity index (χ0) is 12.0. The first-order valence-electron chi connectivity index (χ1n) is 5.40. The molecule has 2 heterocycles. The SMILES string of the molecule is NC1CCN(c2nc3c(Cl)c(Cl)ccc3s2)C1. The van der Waals surface area contributed by atoms with E-state index in [1.807, 2.05) is 12.1 Å². The van der Waals surface area contributed by atoms with Crippen molar-refractivity contribution in [1.29, 1.82) is 0 Å². The molecule has 3 nitrogen and oxygen atoms in total. The number of hydrogen-bond donors (Lipinski definition) is 1. The zero-order valence-corrected chi connectivity index (χ0v) is 11.3. The van der Waals surface area contributed by atoms with Crippen LogP contribution in [0.3, 0.4) is 0 Å². The largest absolute Gasteiger partial charge is 0.346 e. The lowest BCUT2D eigenvalue weighted by Crippen LogP contribution is -2.26. The van der Waals surface area contributed by atoms with Crippen LogP contribution < -0.4 is 10.6 Å². The summed E-state index contributed by atoms with van der Waals surface area (Å²) in [6, 6.07) is 4.02. The lowest BCUT2D eigenvalue weighted by molar-refractivity contribution is 0.752. The number of aromatic nitrogens is 1. The third-order valence-electron chi connectivity index (χ3n) is 2.94. The molecule has 0 saturated carbocycles. The lowest BCUT2D eigenvalue weighted by Gasteiger charge is -2.12. The molecule has 0 bridgehead atoms. The highest BCUT2D eigenvalue weighted by atomic mass is 35.5. The van der Waals surface area contributed by atoms with Crippen LogP contribution in [0.5, 0.6) is 0 Å². The Morgan fingerprint density at radius 2 is 2.24 bits per heavy atom. The van der Waals surface area contributed by atoms with Crippen molar-refractivity contribution in [1.82, 2.24) is 4.98 Å². The van der Waals surface area contributed by atoms with E-state index < -0.39 is 0 Å². The summed E-state index contributed by atoms with van der Waals surface area (Å²) in [5.74, 6) is 0. The molecule has 2 aromatic rings. The van der Waals surface area contributed by atoms with Gasteiger partial charge < -0.3 is 10.6 Å². The van der Waals surface area contributed by atoms with E-state index in [-0.39, 0.29) is 6.04 Å². The van der Waals surface area contributed by atoms with Gasteiger partial charge in [-0.3, -0.25) is 0 Å². The van der Waals surface area contributed by atoms with Gasteiger partial charge >= 0.3 is 0 Å². The van der Waals surface area contributed by atoms with Gasteiger partial charge in [0, 0.05) is 19.1 Å². The van der Waals surface area contributed by atoms with Crippen molar-refractivity contribution >= 4 is 49.9 Å². The number of hydrogen-bond acceptors (Lipinski definition) is 4. The van der Waals surface area contributed by atoms with Crippen LogP contribution in [0.15, 0.2) is 12.1 Å². The first kappa shape index (κ1) is 11.5. The lowest BCUT2D eigenvalue weighted by atomic mass is 10.3. The van der Waals surface area contributed by atoms with E-state index in [4.69, 9.17) is 28.9 Å². The Kier molecular flexibility index (Phi) is 2.91. The maximum absolute atomic E-state index is 6.14. The summed E-state index contributed by atoms with van der Waals surface area (Å²) in [5, 5.41) is 2.07. The zero-order valence-electron chi connectivity index (χ0n) is 8.99. The first-order chi connectivity index (χ1) is 8.15. The number of nitrogens with two attached hydrogens (primary N) is 1. The predicted octanol–water partition coefficient (Wildman–Crippen LogP) is 3.14. The van der Waals surface area contributed by atoms with Crippen LogP contribution in [0.4, 0.5) is 5.13 Å². The van der Waals surface area contributed by atoms with E-state index >= 15 is 0 Å². The van der Waals surface area contributed by atoms with E-state index in [0.29, 0.717) is 10.0 Å². The Balaban J connectivity index is 2.05. The fourth-order valence-corrected chi connectivity index (χ4v) is 3.45. The molecule has 0 amide bonds. The number of fused-ring (bicyclic) bond motifs is 1. The average molecular weight is 288 g/mol. The minimum absolute atomic E-state index is 0.251. The molecule has 1 aliphatic heterocycles. The Labute approximate surface area is 113 Å². The molecule has 17 heavy (non-hydrogen) atoms. The van der Waals surface area contributed by atoms with Gasteiger partial charge in [0.2, 0.25) is 0 Å². The van der Waals surface area contributed by atoms with Crippen molar-refractivity contribution in [3.8, 4) is 0 Å². The number of thiazole rings is 1. The van der Waals surface area contributed by atoms with Crippen LogP contribution >= 0.6 is 34.5 Å². The van der Waals surface area contributed by atoms with Gasteiger partial charge in [-0.2, -0.15) is 0 Å². The summed E-state index contributed by atoms with van der Waals surface area (Å²) in [5.41, 5.74) is 6.69. The smallest absolute Gasteiger partial charge is 0.186 e. The molecule has 0 spiro atoms. The van der Waals surface area contributed by atoms with Gasteiger partial charge in [-0.15, -0.1) is 0 Å². The third kappa shape index (κ3) is 1.99. The summed E-state index contributed by atoms with van der Waals surface area (Å²) in [4.78, 5) is 6.77. The van der Waals surface area contributed by atoms with Crippen molar-refractivity contribution in [2.75, 3.05) is 18.0 Å². The van der Waals surface area contributed by atoms with Crippen molar-refractivity contribution < 1.29 is 0 Å². The molecule has 3 rings (SSSR count). The van der Waals surface area contributed by atoms with Gasteiger partial charge in [-0.1, -0.05) is 34.5 Å². The minimum Gasteiger partial charge on any atom is -0.346 e. The minimum atomic E-state index is 0.251. The van der Waals surface area contributed by atoms with Gasteiger partial charge in [-0.05, 0) is 18.6 Å². The van der Waals surface area contributed by atoms with Crippen molar-refractivity contribution in [3.63, 3.8) is 0 Å². The number of nitrogens with zero attached hydrogens (tertiary/aromatic N) is 2. The number of benzene rings is 1. The summed E-state index contributed by atoms with van der Waals surface area (Å²) in [6.45, 7) is 1.83. The van der Waals surface area contributed by atoms with Gasteiger partial charge in [-0.25, -0.2) is 4.98 Å². The van der Waals surface area contributed by atoms with E-state index in [0.717, 1.165) is 34.9 Å². The van der Waals surface area contributed by atoms with Gasteiger partial charge in [0.05, 0.1) is 14.7 Å². The summed E-state index contributed by atoms with van der Waals surface area (Å²) < 4.78 is 1.06. The number of anilines is 1. The summed E-state index contributed by atoms with van der Waals surface area (Å²) in [6.07, 6.45) is 1.02. The molecule has 1 atom stereocenters. The standard InChI is InChI=1S/C11H11Cl2N3S/c12-7-1-2-8-10(9(7)13)15-11(17-8)16-4-3-6(14)5-16/h1-2,6H,3-5,14H2. The molecular weight excluding hydrogens is 277 g/mol. The molecule has 0 aliphatic carbocycles. The highest BCUT2D eigenvalue weighted by molar-refractivity contribution is 7.22. The molecule has 1 aliphatic rings. The van der Waals surface area contributed by atoms with Crippen LogP contribution in [0.2, 0.25) is 10.0 Å². The highest BCUT2D eigenvalue weighted by Crippen LogP contribution is 2.37. The highest BCUT2D eigenvalue weighted by Gasteiger charge is 2.22. The molecule has 1 aromatic carbocycles. The second kappa shape index (κ2) is 4.28. The van der Waals surface area contributed by atoms with Crippen molar-refractivity contribution in [2.24, 2.45) is 5.73 Å². The topological polar surface area (TPSA) is 42.1 Å². The van der Waals surface area contributed by atoms with Crippen LogP contribution in [0.1, 0.15) is 6.42 Å². The van der Waals surface area contributed by atoms with Crippen LogP contribution in [-0.2, 0) is 0 Å². The summed E-state index contributed by atoms with van der Waals surface area (Å²) in [7, 11) is 0. The fraction of sp³-hybridized carbons (Fsp3) is 0.364. The fourth-order valence-electron chi connectivity index (χ4n) is 2.02. The summed E-state index contributed by atoms with van der Waals surface area (Å²) >= 11 is 13.8. The first-order valence-corrected chi connectivity index (χ1v) is 6.97. The Hall–Kier alpha value is -0.550. The average Bonchev–Trinajstić information content (AvgIpc) is 2.90.